The molecular formula is C17H24N2. The zero-order valence-corrected chi connectivity index (χ0v) is 11.6. The van der Waals surface area contributed by atoms with E-state index in [-0.39, 0.29) is 0 Å². The van der Waals surface area contributed by atoms with Crippen LogP contribution < -0.4 is 5.32 Å². The van der Waals surface area contributed by atoms with Crippen LogP contribution in [0.5, 0.6) is 0 Å². The maximum absolute atomic E-state index is 3.67. The van der Waals surface area contributed by atoms with Crippen molar-refractivity contribution >= 4 is 0 Å². The molecule has 1 aromatic rings. The van der Waals surface area contributed by atoms with Gasteiger partial charge in [0.2, 0.25) is 0 Å². The minimum absolute atomic E-state index is 0.532. The van der Waals surface area contributed by atoms with Crippen molar-refractivity contribution in [1.29, 1.82) is 0 Å². The first-order valence-corrected chi connectivity index (χ1v) is 7.86. The van der Waals surface area contributed by atoms with E-state index in [2.05, 4.69) is 40.5 Å². The minimum Gasteiger partial charge on any atom is -0.308 e. The van der Waals surface area contributed by atoms with E-state index in [9.17, 15) is 0 Å². The molecule has 0 bridgehead atoms. The minimum atomic E-state index is 0.532. The van der Waals surface area contributed by atoms with Crippen LogP contribution in [0.3, 0.4) is 0 Å². The largest absolute Gasteiger partial charge is 0.308 e. The van der Waals surface area contributed by atoms with Crippen LogP contribution >= 0.6 is 0 Å². The summed E-state index contributed by atoms with van der Waals surface area (Å²) in [6.07, 6.45) is 6.01. The van der Waals surface area contributed by atoms with E-state index in [1.807, 2.05) is 0 Å². The third kappa shape index (κ3) is 2.44. The topological polar surface area (TPSA) is 15.3 Å². The first-order chi connectivity index (χ1) is 9.36. The molecule has 0 radical (unpaired) electrons. The van der Waals surface area contributed by atoms with Gasteiger partial charge < -0.3 is 5.32 Å². The van der Waals surface area contributed by atoms with Crippen molar-refractivity contribution in [2.45, 2.75) is 31.7 Å². The second kappa shape index (κ2) is 4.60. The molecule has 3 fully saturated rings. The monoisotopic (exact) mass is 256 g/mol. The molecule has 1 heterocycles. The standard InChI is InChI=1S/C17H24N2/c1-2-4-14(5-3-1)16-12-19(11-10-18-16)13-17(8-9-17)15-6-7-15/h1-5,15-16,18H,6-13H2. The van der Waals surface area contributed by atoms with E-state index in [1.165, 1.54) is 50.9 Å². The Labute approximate surface area is 116 Å². The van der Waals surface area contributed by atoms with Gasteiger partial charge in [-0.2, -0.15) is 0 Å². The number of hydrogen-bond acceptors (Lipinski definition) is 2. The van der Waals surface area contributed by atoms with Crippen LogP contribution in [-0.2, 0) is 0 Å². The number of hydrogen-bond donors (Lipinski definition) is 1. The molecule has 1 unspecified atom stereocenters. The Bertz CT molecular complexity index is 434. The molecule has 2 nitrogen and oxygen atoms in total. The lowest BCUT2D eigenvalue weighted by molar-refractivity contribution is 0.156. The smallest absolute Gasteiger partial charge is 0.0449 e. The van der Waals surface area contributed by atoms with Crippen LogP contribution in [0.2, 0.25) is 0 Å². The third-order valence-corrected chi connectivity index (χ3v) is 5.34. The fraction of sp³-hybridized carbons (Fsp3) is 0.647. The summed E-state index contributed by atoms with van der Waals surface area (Å²) < 4.78 is 0. The Kier molecular flexibility index (Phi) is 2.89. The first-order valence-electron chi connectivity index (χ1n) is 7.86. The Hall–Kier alpha value is -0.860. The Morgan fingerprint density at radius 2 is 1.95 bits per heavy atom. The molecular weight excluding hydrogens is 232 g/mol. The SMILES string of the molecule is c1ccc(C2CN(CC3(C4CC4)CC3)CCN2)cc1. The zero-order chi connectivity index (χ0) is 12.7. The molecule has 4 rings (SSSR count). The molecule has 1 aliphatic heterocycles. The van der Waals surface area contributed by atoms with Crippen LogP contribution in [0, 0.1) is 11.3 Å². The molecule has 102 valence electrons. The van der Waals surface area contributed by atoms with E-state index in [4.69, 9.17) is 0 Å². The Balaban J connectivity index is 1.41. The molecule has 2 saturated carbocycles. The third-order valence-electron chi connectivity index (χ3n) is 5.34. The molecule has 0 aromatic heterocycles. The van der Waals surface area contributed by atoms with E-state index in [1.54, 1.807) is 0 Å². The summed E-state index contributed by atoms with van der Waals surface area (Å²) >= 11 is 0. The number of rotatable bonds is 4. The van der Waals surface area contributed by atoms with Gasteiger partial charge >= 0.3 is 0 Å². The average molecular weight is 256 g/mol. The number of piperazine rings is 1. The average Bonchev–Trinajstić information content (AvgIpc) is 3.34. The van der Waals surface area contributed by atoms with Crippen molar-refractivity contribution in [2.75, 3.05) is 26.2 Å². The van der Waals surface area contributed by atoms with Crippen LogP contribution in [-0.4, -0.2) is 31.1 Å². The van der Waals surface area contributed by atoms with Gasteiger partial charge in [0.25, 0.3) is 0 Å². The fourth-order valence-corrected chi connectivity index (χ4v) is 3.86. The van der Waals surface area contributed by atoms with Crippen molar-refractivity contribution in [1.82, 2.24) is 10.2 Å². The van der Waals surface area contributed by atoms with Crippen molar-refractivity contribution < 1.29 is 0 Å². The first kappa shape index (κ1) is 11.9. The second-order valence-electron chi connectivity index (χ2n) is 6.79. The van der Waals surface area contributed by atoms with Gasteiger partial charge in [0.05, 0.1) is 0 Å². The Morgan fingerprint density at radius 1 is 1.16 bits per heavy atom. The van der Waals surface area contributed by atoms with Gasteiger partial charge in [-0.3, -0.25) is 4.90 Å². The van der Waals surface area contributed by atoms with Crippen LogP contribution in [0.4, 0.5) is 0 Å². The fourth-order valence-electron chi connectivity index (χ4n) is 3.86. The summed E-state index contributed by atoms with van der Waals surface area (Å²) in [7, 11) is 0. The lowest BCUT2D eigenvalue weighted by atomic mass is 9.98. The zero-order valence-electron chi connectivity index (χ0n) is 11.6. The van der Waals surface area contributed by atoms with E-state index < -0.39 is 0 Å². The van der Waals surface area contributed by atoms with Crippen molar-refractivity contribution in [2.24, 2.45) is 11.3 Å². The van der Waals surface area contributed by atoms with Gasteiger partial charge in [0.15, 0.2) is 0 Å². The van der Waals surface area contributed by atoms with Gasteiger partial charge in [-0.05, 0) is 42.6 Å². The van der Waals surface area contributed by atoms with Gasteiger partial charge in [0, 0.05) is 32.2 Å². The van der Waals surface area contributed by atoms with Crippen LogP contribution in [0.1, 0.15) is 37.3 Å². The van der Waals surface area contributed by atoms with Crippen molar-refractivity contribution in [3.8, 4) is 0 Å². The normalized spacial score (nSPS) is 30.2. The molecule has 19 heavy (non-hydrogen) atoms. The molecule has 1 saturated heterocycles. The lowest BCUT2D eigenvalue weighted by Gasteiger charge is -2.36. The highest BCUT2D eigenvalue weighted by atomic mass is 15.2. The quantitative estimate of drug-likeness (QED) is 0.891. The van der Waals surface area contributed by atoms with Gasteiger partial charge in [0.1, 0.15) is 0 Å². The molecule has 2 heteroatoms. The number of nitrogens with zero attached hydrogens (tertiary/aromatic N) is 1. The summed E-state index contributed by atoms with van der Waals surface area (Å²) in [5, 5.41) is 3.67. The highest BCUT2D eigenvalue weighted by molar-refractivity contribution is 5.20. The number of benzene rings is 1. The van der Waals surface area contributed by atoms with Crippen LogP contribution in [0.15, 0.2) is 30.3 Å². The molecule has 1 atom stereocenters. The molecule has 0 amide bonds. The lowest BCUT2D eigenvalue weighted by Crippen LogP contribution is -2.47. The predicted octanol–water partition coefficient (Wildman–Crippen LogP) is 2.82. The van der Waals surface area contributed by atoms with Gasteiger partial charge in [-0.15, -0.1) is 0 Å². The summed E-state index contributed by atoms with van der Waals surface area (Å²) in [6, 6.07) is 11.5. The summed E-state index contributed by atoms with van der Waals surface area (Å²) in [6.45, 7) is 4.93. The summed E-state index contributed by atoms with van der Waals surface area (Å²) in [4.78, 5) is 2.72. The van der Waals surface area contributed by atoms with Crippen LogP contribution in [0.25, 0.3) is 0 Å². The highest BCUT2D eigenvalue weighted by Gasteiger charge is 2.54. The van der Waals surface area contributed by atoms with Gasteiger partial charge in [-0.25, -0.2) is 0 Å². The highest BCUT2D eigenvalue weighted by Crippen LogP contribution is 2.61. The van der Waals surface area contributed by atoms with E-state index in [0.717, 1.165) is 17.9 Å². The van der Waals surface area contributed by atoms with Crippen molar-refractivity contribution in [3.63, 3.8) is 0 Å². The maximum Gasteiger partial charge on any atom is 0.0449 e. The Morgan fingerprint density at radius 3 is 2.63 bits per heavy atom. The summed E-state index contributed by atoms with van der Waals surface area (Å²) in [5.74, 6) is 1.08. The maximum atomic E-state index is 3.67. The van der Waals surface area contributed by atoms with Crippen molar-refractivity contribution in [3.05, 3.63) is 35.9 Å². The molecule has 3 aliphatic rings. The second-order valence-corrected chi connectivity index (χ2v) is 6.79. The molecule has 2 aliphatic carbocycles. The predicted molar refractivity (Wildman–Crippen MR) is 78.0 cm³/mol. The summed E-state index contributed by atoms with van der Waals surface area (Å²) in [5.41, 5.74) is 2.20. The molecule has 1 aromatic carbocycles. The number of nitrogens with one attached hydrogen (secondary N) is 1. The van der Waals surface area contributed by atoms with Gasteiger partial charge in [-0.1, -0.05) is 30.3 Å². The molecule has 0 spiro atoms. The van der Waals surface area contributed by atoms with E-state index in [0.29, 0.717) is 6.04 Å². The molecule has 1 N–H and O–H groups in total. The van der Waals surface area contributed by atoms with E-state index >= 15 is 0 Å².